The lowest BCUT2D eigenvalue weighted by molar-refractivity contribution is -0.127. The first-order valence-corrected chi connectivity index (χ1v) is 7.98. The monoisotopic (exact) mass is 388 g/mol. The Bertz CT molecular complexity index is 386. The van der Waals surface area contributed by atoms with Crippen LogP contribution < -0.4 is 11.1 Å². The zero-order valence-electron chi connectivity index (χ0n) is 13.9. The number of carbonyl (C=O) groups is 1. The Hall–Kier alpha value is 0.220. The molecule has 5 atom stereocenters. The minimum atomic E-state index is 0. The summed E-state index contributed by atoms with van der Waals surface area (Å²) in [6, 6.07) is 0.521. The van der Waals surface area contributed by atoms with Crippen LogP contribution in [0.4, 0.5) is 0 Å². The fourth-order valence-corrected chi connectivity index (χ4v) is 4.38. The van der Waals surface area contributed by atoms with Crippen LogP contribution in [0.1, 0.15) is 19.3 Å². The third-order valence-corrected chi connectivity index (χ3v) is 5.78. The molecular formula is C15H31Cl3N4O. The molecule has 2 aliphatic carbocycles. The largest absolute Gasteiger partial charge is 0.354 e. The third kappa shape index (κ3) is 4.86. The molecule has 0 aromatic rings. The molecule has 1 amide bonds. The number of rotatable bonds is 3. The van der Waals surface area contributed by atoms with Crippen LogP contribution in [0, 0.1) is 17.8 Å². The number of carbonyl (C=O) groups excluding carboxylic acids is 1. The average molecular weight is 390 g/mol. The maximum atomic E-state index is 12.5. The molecule has 0 aromatic carbocycles. The summed E-state index contributed by atoms with van der Waals surface area (Å²) in [4.78, 5) is 17.1. The highest BCUT2D eigenvalue weighted by atomic mass is 35.5. The Morgan fingerprint density at radius 2 is 1.78 bits per heavy atom. The molecule has 5 unspecified atom stereocenters. The number of amides is 1. The predicted octanol–water partition coefficient (Wildman–Crippen LogP) is 0.987. The highest BCUT2D eigenvalue weighted by Crippen LogP contribution is 2.47. The predicted molar refractivity (Wildman–Crippen MR) is 101 cm³/mol. The van der Waals surface area contributed by atoms with Gasteiger partial charge >= 0.3 is 0 Å². The number of fused-ring (bicyclic) bond motifs is 2. The van der Waals surface area contributed by atoms with Crippen LogP contribution in [0.2, 0.25) is 0 Å². The summed E-state index contributed by atoms with van der Waals surface area (Å²) in [5.41, 5.74) is 6.24. The first kappa shape index (κ1) is 23.2. The molecular weight excluding hydrogens is 359 g/mol. The lowest BCUT2D eigenvalue weighted by atomic mass is 9.84. The Balaban J connectivity index is 0.00000161. The molecule has 138 valence electrons. The maximum Gasteiger partial charge on any atom is 0.225 e. The highest BCUT2D eigenvalue weighted by Gasteiger charge is 2.49. The van der Waals surface area contributed by atoms with Crippen molar-refractivity contribution in [3.05, 3.63) is 0 Å². The van der Waals surface area contributed by atoms with Gasteiger partial charge in [-0.15, -0.1) is 37.2 Å². The second-order valence-corrected chi connectivity index (χ2v) is 7.08. The molecule has 0 radical (unpaired) electrons. The van der Waals surface area contributed by atoms with E-state index in [2.05, 4.69) is 29.2 Å². The van der Waals surface area contributed by atoms with E-state index in [0.29, 0.717) is 17.9 Å². The van der Waals surface area contributed by atoms with Crippen LogP contribution in [-0.2, 0) is 4.79 Å². The molecule has 0 spiro atoms. The van der Waals surface area contributed by atoms with E-state index in [1.807, 2.05) is 0 Å². The minimum absolute atomic E-state index is 0. The molecule has 5 nitrogen and oxygen atoms in total. The Kier molecular flexibility index (Phi) is 9.73. The van der Waals surface area contributed by atoms with Crippen LogP contribution in [0.25, 0.3) is 0 Å². The molecule has 23 heavy (non-hydrogen) atoms. The Labute approximate surface area is 158 Å². The maximum absolute atomic E-state index is 12.5. The van der Waals surface area contributed by atoms with Crippen molar-refractivity contribution >= 4 is 43.1 Å². The van der Waals surface area contributed by atoms with Gasteiger partial charge in [0.2, 0.25) is 5.91 Å². The van der Waals surface area contributed by atoms with Crippen molar-refractivity contribution in [3.8, 4) is 0 Å². The average Bonchev–Trinajstić information content (AvgIpc) is 3.00. The Morgan fingerprint density at radius 1 is 1.13 bits per heavy atom. The van der Waals surface area contributed by atoms with Crippen molar-refractivity contribution in [2.45, 2.75) is 31.3 Å². The van der Waals surface area contributed by atoms with Crippen LogP contribution in [0.5, 0.6) is 0 Å². The summed E-state index contributed by atoms with van der Waals surface area (Å²) in [5.74, 6) is 1.41. The van der Waals surface area contributed by atoms with Gasteiger partial charge in [-0.25, -0.2) is 0 Å². The third-order valence-electron chi connectivity index (χ3n) is 5.78. The van der Waals surface area contributed by atoms with Gasteiger partial charge in [-0.3, -0.25) is 9.69 Å². The molecule has 2 bridgehead atoms. The SMILES string of the molecule is CN1CCN(C)C(CNC(=O)C2C3CCC(C3)C2N)C1.Cl.Cl.Cl. The second kappa shape index (κ2) is 9.64. The fourth-order valence-electron chi connectivity index (χ4n) is 4.38. The molecule has 3 aliphatic rings. The van der Waals surface area contributed by atoms with Crippen molar-refractivity contribution in [1.82, 2.24) is 15.1 Å². The van der Waals surface area contributed by atoms with Crippen LogP contribution in [0.3, 0.4) is 0 Å². The molecule has 8 heteroatoms. The van der Waals surface area contributed by atoms with E-state index in [4.69, 9.17) is 5.73 Å². The number of hydrogen-bond donors (Lipinski definition) is 2. The summed E-state index contributed by atoms with van der Waals surface area (Å²) in [6.45, 7) is 3.96. The summed E-state index contributed by atoms with van der Waals surface area (Å²) in [5, 5.41) is 3.17. The van der Waals surface area contributed by atoms with E-state index in [-0.39, 0.29) is 55.1 Å². The van der Waals surface area contributed by atoms with Crippen LogP contribution in [-0.4, -0.2) is 68.1 Å². The topological polar surface area (TPSA) is 61.6 Å². The van der Waals surface area contributed by atoms with E-state index in [0.717, 1.165) is 26.2 Å². The number of halogens is 3. The van der Waals surface area contributed by atoms with Crippen molar-refractivity contribution in [2.24, 2.45) is 23.5 Å². The summed E-state index contributed by atoms with van der Waals surface area (Å²) in [7, 11) is 4.29. The van der Waals surface area contributed by atoms with E-state index in [1.54, 1.807) is 0 Å². The number of hydrogen-bond acceptors (Lipinski definition) is 4. The molecule has 1 heterocycles. The van der Waals surface area contributed by atoms with Gasteiger partial charge in [0, 0.05) is 38.3 Å². The van der Waals surface area contributed by atoms with Gasteiger partial charge in [0.05, 0.1) is 5.92 Å². The normalized spacial score (nSPS) is 36.6. The lowest BCUT2D eigenvalue weighted by Gasteiger charge is -2.38. The molecule has 2 saturated carbocycles. The smallest absolute Gasteiger partial charge is 0.225 e. The first-order valence-electron chi connectivity index (χ1n) is 7.98. The summed E-state index contributed by atoms with van der Waals surface area (Å²) < 4.78 is 0. The van der Waals surface area contributed by atoms with Crippen molar-refractivity contribution < 1.29 is 4.79 Å². The number of nitrogens with zero attached hydrogens (tertiary/aromatic N) is 2. The van der Waals surface area contributed by atoms with Gasteiger partial charge in [-0.2, -0.15) is 0 Å². The molecule has 3 fully saturated rings. The Morgan fingerprint density at radius 3 is 2.39 bits per heavy atom. The number of nitrogens with one attached hydrogen (secondary N) is 1. The van der Waals surface area contributed by atoms with E-state index < -0.39 is 0 Å². The van der Waals surface area contributed by atoms with Gasteiger partial charge in [-0.1, -0.05) is 0 Å². The van der Waals surface area contributed by atoms with E-state index in [1.165, 1.54) is 19.3 Å². The lowest BCUT2D eigenvalue weighted by Crippen LogP contribution is -2.55. The van der Waals surface area contributed by atoms with Gasteiger partial charge in [0.15, 0.2) is 0 Å². The minimum Gasteiger partial charge on any atom is -0.354 e. The molecule has 1 saturated heterocycles. The molecule has 3 N–H and O–H groups in total. The zero-order valence-corrected chi connectivity index (χ0v) is 16.4. The summed E-state index contributed by atoms with van der Waals surface area (Å²) >= 11 is 0. The first-order chi connectivity index (χ1) is 9.56. The van der Waals surface area contributed by atoms with Crippen LogP contribution in [0.15, 0.2) is 0 Å². The van der Waals surface area contributed by atoms with Gasteiger partial charge in [0.1, 0.15) is 0 Å². The van der Waals surface area contributed by atoms with Crippen molar-refractivity contribution in [2.75, 3.05) is 40.3 Å². The second-order valence-electron chi connectivity index (χ2n) is 7.08. The number of likely N-dealkylation sites (N-methyl/N-ethyl adjacent to an activating group) is 2. The fraction of sp³-hybridized carbons (Fsp3) is 0.933. The molecule has 3 rings (SSSR count). The summed E-state index contributed by atoms with van der Waals surface area (Å²) in [6.07, 6.45) is 3.60. The van der Waals surface area contributed by atoms with Crippen molar-refractivity contribution in [1.29, 1.82) is 0 Å². The van der Waals surface area contributed by atoms with Crippen LogP contribution >= 0.6 is 37.2 Å². The highest BCUT2D eigenvalue weighted by molar-refractivity contribution is 5.86. The number of piperazine rings is 1. The van der Waals surface area contributed by atoms with E-state index in [9.17, 15) is 4.79 Å². The standard InChI is InChI=1S/C15H28N4O.3ClH/c1-18-5-6-19(2)12(9-18)8-17-15(20)13-10-3-4-11(7-10)14(13)16;;;/h10-14H,3-9,16H2,1-2H3,(H,17,20);3*1H. The van der Waals surface area contributed by atoms with Gasteiger partial charge < -0.3 is 16.0 Å². The van der Waals surface area contributed by atoms with Crippen molar-refractivity contribution in [3.63, 3.8) is 0 Å². The molecule has 0 aromatic heterocycles. The van der Waals surface area contributed by atoms with Gasteiger partial charge in [-0.05, 0) is 45.2 Å². The number of nitrogens with two attached hydrogens (primary N) is 1. The van der Waals surface area contributed by atoms with E-state index >= 15 is 0 Å². The van der Waals surface area contributed by atoms with Gasteiger partial charge in [0.25, 0.3) is 0 Å². The molecule has 1 aliphatic heterocycles. The quantitative estimate of drug-likeness (QED) is 0.755. The zero-order chi connectivity index (χ0) is 14.3.